The van der Waals surface area contributed by atoms with E-state index in [0.717, 1.165) is 0 Å². The first kappa shape index (κ1) is 28.8. The molecule has 0 aromatic rings. The molecule has 1 amide bonds. The number of carbonyl (C=O) groups is 1. The molecule has 0 aliphatic rings. The zero-order valence-corrected chi connectivity index (χ0v) is 23.8. The van der Waals surface area contributed by atoms with Crippen LogP contribution in [0.2, 0.25) is 17.2 Å². The third kappa shape index (κ3) is 10.6. The maximum atomic E-state index is 12.6. The molecular weight excluding hydrogens is 465 g/mol. The second-order valence-electron chi connectivity index (χ2n) is 9.38. The Morgan fingerprint density at radius 1 is 0.828 bits per heavy atom. The van der Waals surface area contributed by atoms with Gasteiger partial charge in [-0.3, -0.25) is 0 Å². The van der Waals surface area contributed by atoms with E-state index in [1.165, 1.54) is 64.7 Å². The van der Waals surface area contributed by atoms with E-state index in [-0.39, 0.29) is 18.2 Å². The zero-order chi connectivity index (χ0) is 22.3. The molecule has 0 aromatic heterocycles. The first-order valence-corrected chi connectivity index (χ1v) is 20.1. The number of ether oxygens (including phenoxy) is 1. The summed E-state index contributed by atoms with van der Waals surface area (Å²) in [7, 11) is 0. The number of hydrogen-bond acceptors (Lipinski definition) is 2. The first-order valence-electron chi connectivity index (χ1n) is 12.4. The summed E-state index contributed by atoms with van der Waals surface area (Å²) >= 11 is -2.36. The third-order valence-electron chi connectivity index (χ3n) is 6.27. The van der Waals surface area contributed by atoms with Crippen molar-refractivity contribution in [1.29, 1.82) is 0 Å². The second-order valence-corrected chi connectivity index (χ2v) is 23.5. The molecule has 0 heterocycles. The Labute approximate surface area is 186 Å². The van der Waals surface area contributed by atoms with Gasteiger partial charge in [0.1, 0.15) is 0 Å². The van der Waals surface area contributed by atoms with Crippen molar-refractivity contribution < 1.29 is 9.53 Å². The number of nitrogens with zero attached hydrogens (tertiary/aromatic N) is 1. The molecule has 0 bridgehead atoms. The van der Waals surface area contributed by atoms with Crippen LogP contribution in [0.5, 0.6) is 0 Å². The van der Waals surface area contributed by atoms with Crippen molar-refractivity contribution in [3.05, 3.63) is 12.3 Å². The summed E-state index contributed by atoms with van der Waals surface area (Å²) < 4.78 is 10.8. The van der Waals surface area contributed by atoms with Crippen LogP contribution in [0.4, 0.5) is 4.79 Å². The molecule has 0 N–H and O–H groups in total. The molecule has 1 atom stereocenters. The summed E-state index contributed by atoms with van der Waals surface area (Å²) in [4.78, 5) is 14.4. The number of hydrogen-bond donors (Lipinski definition) is 0. The van der Waals surface area contributed by atoms with Crippen molar-refractivity contribution in [2.24, 2.45) is 0 Å². The average Bonchev–Trinajstić information content (AvgIpc) is 2.66. The van der Waals surface area contributed by atoms with Crippen molar-refractivity contribution in [2.75, 3.05) is 0 Å². The fourth-order valence-corrected chi connectivity index (χ4v) is 23.0. The van der Waals surface area contributed by atoms with E-state index in [2.05, 4.69) is 33.8 Å². The monoisotopic (exact) mass is 517 g/mol. The number of allylic oxidation sites excluding steroid dienone is 1. The van der Waals surface area contributed by atoms with Gasteiger partial charge in [0.15, 0.2) is 0 Å². The Bertz CT molecular complexity index is 418. The molecule has 0 aliphatic heterocycles. The van der Waals surface area contributed by atoms with E-state index >= 15 is 0 Å². The van der Waals surface area contributed by atoms with Gasteiger partial charge in [-0.05, 0) is 0 Å². The number of carbonyl (C=O) groups excluding carboxylic acids is 1. The van der Waals surface area contributed by atoms with Gasteiger partial charge in [0.2, 0.25) is 0 Å². The van der Waals surface area contributed by atoms with E-state index < -0.39 is 18.4 Å². The fourth-order valence-electron chi connectivity index (χ4n) is 4.71. The van der Waals surface area contributed by atoms with Crippen LogP contribution < -0.4 is 0 Å². The van der Waals surface area contributed by atoms with Crippen LogP contribution in [0, 0.1) is 0 Å². The summed E-state index contributed by atoms with van der Waals surface area (Å²) in [5, 5.41) is 0. The molecule has 172 valence electrons. The summed E-state index contributed by atoms with van der Waals surface area (Å²) in [5.41, 5.74) is 0. The van der Waals surface area contributed by atoms with E-state index in [0.29, 0.717) is 3.93 Å². The quantitative estimate of drug-likeness (QED) is 0.152. The van der Waals surface area contributed by atoms with Crippen LogP contribution >= 0.6 is 0 Å². The van der Waals surface area contributed by atoms with Crippen LogP contribution in [0.1, 0.15) is 107 Å². The van der Waals surface area contributed by atoms with Gasteiger partial charge < -0.3 is 0 Å². The van der Waals surface area contributed by atoms with Gasteiger partial charge in [-0.15, -0.1) is 0 Å². The molecule has 0 spiro atoms. The molecule has 0 radical (unpaired) electrons. The van der Waals surface area contributed by atoms with E-state index in [4.69, 9.17) is 4.74 Å². The van der Waals surface area contributed by atoms with Crippen LogP contribution in [0.25, 0.3) is 0 Å². The van der Waals surface area contributed by atoms with Crippen LogP contribution in [0.15, 0.2) is 12.3 Å². The summed E-state index contributed by atoms with van der Waals surface area (Å²) in [5.74, 6) is 0. The number of rotatable bonds is 16. The summed E-state index contributed by atoms with van der Waals surface area (Å²) in [6, 6.07) is 0.304. The Morgan fingerprint density at radius 3 is 1.62 bits per heavy atom. The van der Waals surface area contributed by atoms with Gasteiger partial charge in [-0.2, -0.15) is 0 Å². The number of unbranched alkanes of at least 4 members (excludes halogenated alkanes) is 3. The Kier molecular flexibility index (Phi) is 16.4. The summed E-state index contributed by atoms with van der Waals surface area (Å²) in [6.07, 6.45) is 14.4. The van der Waals surface area contributed by atoms with Gasteiger partial charge in [-0.25, -0.2) is 0 Å². The standard InChI is InChI=1S/C13H24NO2.3C4H9.Sn/c1-6-7-8-9-10-16-13(15)14(11(2)3)12(4)5;3*1-3-4-2;/h8-12H,6-7H2,1-5H3;3*1,3-4H2,2H3;/b10-9-;;;;. The second kappa shape index (κ2) is 16.5. The molecule has 0 rings (SSSR count). The van der Waals surface area contributed by atoms with Crippen molar-refractivity contribution in [3.63, 3.8) is 0 Å². The third-order valence-corrected chi connectivity index (χ3v) is 23.7. The molecule has 4 heteroatoms. The van der Waals surface area contributed by atoms with Crippen LogP contribution in [-0.4, -0.2) is 41.5 Å². The normalized spacial score (nSPS) is 13.4. The zero-order valence-electron chi connectivity index (χ0n) is 20.9. The summed E-state index contributed by atoms with van der Waals surface area (Å²) in [6.45, 7) is 17.5. The molecular formula is C25H51NO2Sn. The molecule has 29 heavy (non-hydrogen) atoms. The van der Waals surface area contributed by atoms with Gasteiger partial charge in [0.25, 0.3) is 0 Å². The SMILES string of the molecule is CCC[CH2][Sn]([CH2]CCC)([CH2]CCC)[CH](/C=C\OC(=O)N(C(C)C)C(C)C)CCC. The fraction of sp³-hybridized carbons (Fsp3) is 0.880. The molecule has 3 nitrogen and oxygen atoms in total. The van der Waals surface area contributed by atoms with Gasteiger partial charge in [0.05, 0.1) is 0 Å². The maximum absolute atomic E-state index is 12.6. The van der Waals surface area contributed by atoms with Crippen molar-refractivity contribution >= 4 is 24.5 Å². The molecule has 1 unspecified atom stereocenters. The molecule has 0 aromatic carbocycles. The van der Waals surface area contributed by atoms with E-state index in [1.54, 1.807) is 6.26 Å². The molecule has 0 aliphatic carbocycles. The molecule has 0 saturated heterocycles. The predicted molar refractivity (Wildman–Crippen MR) is 131 cm³/mol. The van der Waals surface area contributed by atoms with Gasteiger partial charge in [0, 0.05) is 0 Å². The predicted octanol–water partition coefficient (Wildman–Crippen LogP) is 8.77. The van der Waals surface area contributed by atoms with Gasteiger partial charge in [-0.1, -0.05) is 0 Å². The average molecular weight is 516 g/mol. The van der Waals surface area contributed by atoms with E-state index in [9.17, 15) is 4.79 Å². The topological polar surface area (TPSA) is 29.5 Å². The molecule has 0 saturated carbocycles. The first-order chi connectivity index (χ1) is 13.8. The van der Waals surface area contributed by atoms with Crippen molar-refractivity contribution in [3.8, 4) is 0 Å². The Morgan fingerprint density at radius 2 is 1.28 bits per heavy atom. The number of amides is 1. The Hall–Kier alpha value is -0.191. The van der Waals surface area contributed by atoms with Gasteiger partial charge >= 0.3 is 187 Å². The van der Waals surface area contributed by atoms with Crippen molar-refractivity contribution in [2.45, 2.75) is 136 Å². The minimum absolute atomic E-state index is 0.152. The van der Waals surface area contributed by atoms with Crippen LogP contribution in [0.3, 0.4) is 0 Å². The van der Waals surface area contributed by atoms with E-state index in [1.807, 2.05) is 32.6 Å². The van der Waals surface area contributed by atoms with Crippen LogP contribution in [-0.2, 0) is 4.74 Å². The van der Waals surface area contributed by atoms with Crippen molar-refractivity contribution in [1.82, 2.24) is 4.90 Å². The minimum atomic E-state index is -2.36. The Balaban J connectivity index is 5.54. The molecule has 0 fully saturated rings.